The lowest BCUT2D eigenvalue weighted by Crippen LogP contribution is -2.48. The topological polar surface area (TPSA) is 40.6 Å². The van der Waals surface area contributed by atoms with E-state index in [9.17, 15) is 8.42 Å². The van der Waals surface area contributed by atoms with Gasteiger partial charge >= 0.3 is 0 Å². The Balaban J connectivity index is 1.73. The molecule has 0 aliphatic carbocycles. The number of nitrogens with zero attached hydrogens (tertiary/aromatic N) is 2. The monoisotopic (exact) mass is 370 g/mol. The summed E-state index contributed by atoms with van der Waals surface area (Å²) >= 11 is 6.98. The molecule has 0 unspecified atom stereocenters. The average Bonchev–Trinajstić information content (AvgIpc) is 2.95. The Kier molecular flexibility index (Phi) is 4.69. The third-order valence-electron chi connectivity index (χ3n) is 4.07. The van der Waals surface area contributed by atoms with Crippen LogP contribution in [0.3, 0.4) is 0 Å². The molecule has 23 heavy (non-hydrogen) atoms. The van der Waals surface area contributed by atoms with Gasteiger partial charge in [-0.3, -0.25) is 0 Å². The van der Waals surface area contributed by atoms with Gasteiger partial charge in [-0.05, 0) is 37.6 Å². The normalized spacial score (nSPS) is 16.7. The lowest BCUT2D eigenvalue weighted by Gasteiger charge is -2.36. The molecule has 2 heterocycles. The minimum atomic E-state index is -3.42. The summed E-state index contributed by atoms with van der Waals surface area (Å²) in [6.07, 6.45) is 0. The molecule has 0 bridgehead atoms. The molecule has 1 saturated heterocycles. The standard InChI is InChI=1S/C16H19ClN2O2S2/c1-12-3-4-14(13(2)11-12)18-7-9-19(10-8-18)23(20,21)16-6-5-15(17)22-16/h3-6,11H,7-10H2,1-2H3. The van der Waals surface area contributed by atoms with E-state index in [-0.39, 0.29) is 0 Å². The van der Waals surface area contributed by atoms with E-state index in [1.54, 1.807) is 16.4 Å². The number of rotatable bonds is 3. The molecule has 1 fully saturated rings. The quantitative estimate of drug-likeness (QED) is 0.829. The third-order valence-corrected chi connectivity index (χ3v) is 7.67. The Bertz CT molecular complexity index is 809. The first-order valence-corrected chi connectivity index (χ1v) is 10.1. The van der Waals surface area contributed by atoms with E-state index in [0.717, 1.165) is 11.3 Å². The fourth-order valence-electron chi connectivity index (χ4n) is 2.89. The molecule has 1 aliphatic rings. The van der Waals surface area contributed by atoms with Crippen molar-refractivity contribution in [1.82, 2.24) is 4.31 Å². The minimum Gasteiger partial charge on any atom is -0.369 e. The summed E-state index contributed by atoms with van der Waals surface area (Å²) < 4.78 is 27.6. The molecule has 0 saturated carbocycles. The molecule has 3 rings (SSSR count). The fraction of sp³-hybridized carbons (Fsp3) is 0.375. The summed E-state index contributed by atoms with van der Waals surface area (Å²) in [4.78, 5) is 2.25. The Morgan fingerprint density at radius 1 is 1.04 bits per heavy atom. The number of hydrogen-bond donors (Lipinski definition) is 0. The molecule has 0 radical (unpaired) electrons. The summed E-state index contributed by atoms with van der Waals surface area (Å²) in [5.74, 6) is 0. The lowest BCUT2D eigenvalue weighted by molar-refractivity contribution is 0.385. The predicted octanol–water partition coefficient (Wildman–Crippen LogP) is 3.53. The van der Waals surface area contributed by atoms with Gasteiger partial charge in [0.15, 0.2) is 0 Å². The van der Waals surface area contributed by atoms with Crippen LogP contribution in [0.4, 0.5) is 5.69 Å². The molecule has 7 heteroatoms. The number of benzene rings is 1. The highest BCUT2D eigenvalue weighted by atomic mass is 35.5. The molecule has 1 aromatic heterocycles. The van der Waals surface area contributed by atoms with Gasteiger partial charge in [-0.1, -0.05) is 29.3 Å². The van der Waals surface area contributed by atoms with Gasteiger partial charge in [0.05, 0.1) is 4.34 Å². The zero-order valence-corrected chi connectivity index (χ0v) is 15.5. The zero-order valence-electron chi connectivity index (χ0n) is 13.1. The first kappa shape index (κ1) is 16.8. The highest BCUT2D eigenvalue weighted by Crippen LogP contribution is 2.29. The van der Waals surface area contributed by atoms with E-state index < -0.39 is 10.0 Å². The summed E-state index contributed by atoms with van der Waals surface area (Å²) in [6, 6.07) is 9.59. The molecule has 0 atom stereocenters. The molecule has 124 valence electrons. The first-order valence-electron chi connectivity index (χ1n) is 7.45. The van der Waals surface area contributed by atoms with Crippen molar-refractivity contribution in [3.05, 3.63) is 45.8 Å². The highest BCUT2D eigenvalue weighted by Gasteiger charge is 2.30. The first-order chi connectivity index (χ1) is 10.9. The van der Waals surface area contributed by atoms with Crippen LogP contribution in [-0.4, -0.2) is 38.9 Å². The van der Waals surface area contributed by atoms with Crippen molar-refractivity contribution >= 4 is 38.6 Å². The van der Waals surface area contributed by atoms with E-state index in [1.807, 2.05) is 0 Å². The predicted molar refractivity (Wildman–Crippen MR) is 96.2 cm³/mol. The SMILES string of the molecule is Cc1ccc(N2CCN(S(=O)(=O)c3ccc(Cl)s3)CC2)c(C)c1. The maximum absolute atomic E-state index is 12.6. The van der Waals surface area contributed by atoms with Crippen molar-refractivity contribution in [2.75, 3.05) is 31.1 Å². The Morgan fingerprint density at radius 2 is 1.74 bits per heavy atom. The number of aryl methyl sites for hydroxylation is 2. The van der Waals surface area contributed by atoms with Gasteiger partial charge in [0.1, 0.15) is 4.21 Å². The minimum absolute atomic E-state index is 0.322. The summed E-state index contributed by atoms with van der Waals surface area (Å²) in [5, 5.41) is 0. The van der Waals surface area contributed by atoms with Crippen molar-refractivity contribution in [3.8, 4) is 0 Å². The lowest BCUT2D eigenvalue weighted by atomic mass is 10.1. The highest BCUT2D eigenvalue weighted by molar-refractivity contribution is 7.91. The smallest absolute Gasteiger partial charge is 0.252 e. The summed E-state index contributed by atoms with van der Waals surface area (Å²) in [6.45, 7) is 6.55. The maximum Gasteiger partial charge on any atom is 0.252 e. The van der Waals surface area contributed by atoms with Crippen LogP contribution in [0.5, 0.6) is 0 Å². The molecule has 1 aliphatic heterocycles. The van der Waals surface area contributed by atoms with Gasteiger partial charge < -0.3 is 4.90 Å². The number of sulfonamides is 1. The average molecular weight is 371 g/mol. The van der Waals surface area contributed by atoms with Gasteiger partial charge in [0.25, 0.3) is 10.0 Å². The largest absolute Gasteiger partial charge is 0.369 e. The van der Waals surface area contributed by atoms with Crippen molar-refractivity contribution in [2.24, 2.45) is 0 Å². The van der Waals surface area contributed by atoms with Gasteiger partial charge in [-0.25, -0.2) is 8.42 Å². The molecular formula is C16H19ClN2O2S2. The van der Waals surface area contributed by atoms with Crippen LogP contribution in [0, 0.1) is 13.8 Å². The van der Waals surface area contributed by atoms with E-state index in [4.69, 9.17) is 11.6 Å². The number of thiophene rings is 1. The molecule has 2 aromatic rings. The number of anilines is 1. The summed E-state index contributed by atoms with van der Waals surface area (Å²) in [7, 11) is -3.42. The maximum atomic E-state index is 12.6. The van der Waals surface area contributed by atoms with Gasteiger partial charge in [-0.2, -0.15) is 4.31 Å². The Morgan fingerprint density at radius 3 is 2.30 bits per heavy atom. The van der Waals surface area contributed by atoms with Crippen LogP contribution in [0.25, 0.3) is 0 Å². The second-order valence-electron chi connectivity index (χ2n) is 5.74. The van der Waals surface area contributed by atoms with E-state index in [2.05, 4.69) is 36.9 Å². The Hall–Kier alpha value is -1.08. The summed E-state index contributed by atoms with van der Waals surface area (Å²) in [5.41, 5.74) is 3.65. The zero-order chi connectivity index (χ0) is 16.6. The van der Waals surface area contributed by atoms with E-state index >= 15 is 0 Å². The molecule has 4 nitrogen and oxygen atoms in total. The van der Waals surface area contributed by atoms with Crippen LogP contribution in [0.1, 0.15) is 11.1 Å². The van der Waals surface area contributed by atoms with Crippen molar-refractivity contribution in [3.63, 3.8) is 0 Å². The van der Waals surface area contributed by atoms with Gasteiger partial charge in [-0.15, -0.1) is 11.3 Å². The van der Waals surface area contributed by atoms with Gasteiger partial charge in [0.2, 0.25) is 0 Å². The number of piperazine rings is 1. The van der Waals surface area contributed by atoms with Crippen molar-refractivity contribution < 1.29 is 8.42 Å². The molecule has 0 spiro atoms. The van der Waals surface area contributed by atoms with Crippen LogP contribution in [-0.2, 0) is 10.0 Å². The van der Waals surface area contributed by atoms with Crippen molar-refractivity contribution in [1.29, 1.82) is 0 Å². The van der Waals surface area contributed by atoms with Gasteiger partial charge in [0, 0.05) is 31.9 Å². The number of halogens is 1. The van der Waals surface area contributed by atoms with Crippen molar-refractivity contribution in [2.45, 2.75) is 18.1 Å². The molecule has 0 amide bonds. The number of hydrogen-bond acceptors (Lipinski definition) is 4. The molecule has 1 aromatic carbocycles. The van der Waals surface area contributed by atoms with Crippen LogP contribution < -0.4 is 4.90 Å². The van der Waals surface area contributed by atoms with Crippen LogP contribution in [0.2, 0.25) is 4.34 Å². The Labute approximate surface area is 146 Å². The van der Waals surface area contributed by atoms with E-state index in [0.29, 0.717) is 34.7 Å². The second kappa shape index (κ2) is 6.43. The van der Waals surface area contributed by atoms with E-state index in [1.165, 1.54) is 16.8 Å². The van der Waals surface area contributed by atoms with Crippen LogP contribution >= 0.6 is 22.9 Å². The third kappa shape index (κ3) is 3.40. The van der Waals surface area contributed by atoms with Crippen LogP contribution in [0.15, 0.2) is 34.5 Å². The molecular weight excluding hydrogens is 352 g/mol. The second-order valence-corrected chi connectivity index (χ2v) is 9.62. The molecule has 0 N–H and O–H groups in total. The fourth-order valence-corrected chi connectivity index (χ4v) is 5.95.